The number of anilines is 1. The third-order valence-corrected chi connectivity index (χ3v) is 3.48. The van der Waals surface area contributed by atoms with Gasteiger partial charge in [0.05, 0.1) is 16.0 Å². The number of aromatic nitrogens is 1. The molecule has 0 radical (unpaired) electrons. The predicted octanol–water partition coefficient (Wildman–Crippen LogP) is 2.74. The second-order valence-electron chi connectivity index (χ2n) is 4.97. The summed E-state index contributed by atoms with van der Waals surface area (Å²) in [5.74, 6) is 0. The maximum atomic E-state index is 11.1. The molecule has 0 atom stereocenters. The van der Waals surface area contributed by atoms with E-state index in [1.165, 1.54) is 6.07 Å². The molecule has 0 aliphatic carbocycles. The van der Waals surface area contributed by atoms with E-state index in [1.54, 1.807) is 24.4 Å². The van der Waals surface area contributed by atoms with Gasteiger partial charge in [0.1, 0.15) is 5.52 Å². The number of non-ortho nitro benzene ring substituents is 1. The quantitative estimate of drug-likeness (QED) is 0.481. The highest BCUT2D eigenvalue weighted by atomic mass is 16.6. The first-order valence-electron chi connectivity index (χ1n) is 6.99. The molecule has 1 aromatic carbocycles. The van der Waals surface area contributed by atoms with Gasteiger partial charge >= 0.3 is 0 Å². The van der Waals surface area contributed by atoms with E-state index in [4.69, 9.17) is 5.11 Å². The molecule has 1 heterocycles. The number of nitro groups is 1. The standard InChI is InChI=1S/C15H19N3O3/c1-17(10-3-2-4-11-19)14-8-7-13(18(20)21)12-6-5-9-16-15(12)14/h5-9,19H,2-4,10-11H2,1H3. The molecule has 0 aliphatic rings. The van der Waals surface area contributed by atoms with Gasteiger partial charge in [-0.3, -0.25) is 15.1 Å². The summed E-state index contributed by atoms with van der Waals surface area (Å²) in [4.78, 5) is 17.1. The molecule has 0 saturated carbocycles. The van der Waals surface area contributed by atoms with Crippen LogP contribution in [-0.4, -0.2) is 35.2 Å². The van der Waals surface area contributed by atoms with Gasteiger partial charge in [-0.2, -0.15) is 0 Å². The Morgan fingerprint density at radius 3 is 2.81 bits per heavy atom. The van der Waals surface area contributed by atoms with Crippen molar-refractivity contribution in [2.75, 3.05) is 25.1 Å². The first kappa shape index (κ1) is 15.2. The minimum absolute atomic E-state index is 0.0792. The first-order valence-corrected chi connectivity index (χ1v) is 6.99. The largest absolute Gasteiger partial charge is 0.396 e. The number of benzene rings is 1. The molecule has 0 fully saturated rings. The van der Waals surface area contributed by atoms with Gasteiger partial charge in [0.2, 0.25) is 0 Å². The molecule has 0 unspecified atom stereocenters. The third-order valence-electron chi connectivity index (χ3n) is 3.48. The Hall–Kier alpha value is -2.21. The highest BCUT2D eigenvalue weighted by Gasteiger charge is 2.16. The summed E-state index contributed by atoms with van der Waals surface area (Å²) in [5, 5.41) is 20.4. The number of nitro benzene ring substituents is 1. The van der Waals surface area contributed by atoms with Crippen molar-refractivity contribution >= 4 is 22.3 Å². The van der Waals surface area contributed by atoms with Crippen molar-refractivity contribution in [1.29, 1.82) is 0 Å². The molecule has 0 aliphatic heterocycles. The van der Waals surface area contributed by atoms with Crippen molar-refractivity contribution in [2.45, 2.75) is 19.3 Å². The van der Waals surface area contributed by atoms with Gasteiger partial charge in [0.15, 0.2) is 0 Å². The summed E-state index contributed by atoms with van der Waals surface area (Å²) in [6.07, 6.45) is 4.36. The van der Waals surface area contributed by atoms with Crippen LogP contribution in [0.1, 0.15) is 19.3 Å². The molecule has 2 rings (SSSR count). The van der Waals surface area contributed by atoms with Crippen LogP contribution in [0.4, 0.5) is 11.4 Å². The van der Waals surface area contributed by atoms with Crippen LogP contribution in [0.5, 0.6) is 0 Å². The fourth-order valence-electron chi connectivity index (χ4n) is 2.37. The number of unbranched alkanes of at least 4 members (excludes halogenated alkanes) is 2. The summed E-state index contributed by atoms with van der Waals surface area (Å²) >= 11 is 0. The topological polar surface area (TPSA) is 79.5 Å². The minimum Gasteiger partial charge on any atom is -0.396 e. The highest BCUT2D eigenvalue weighted by molar-refractivity contribution is 5.96. The molecular weight excluding hydrogens is 270 g/mol. The van der Waals surface area contributed by atoms with E-state index in [9.17, 15) is 10.1 Å². The van der Waals surface area contributed by atoms with Crippen molar-refractivity contribution in [3.05, 3.63) is 40.6 Å². The number of rotatable bonds is 7. The van der Waals surface area contributed by atoms with Crippen molar-refractivity contribution in [3.8, 4) is 0 Å². The van der Waals surface area contributed by atoms with Gasteiger partial charge in [-0.15, -0.1) is 0 Å². The molecule has 6 nitrogen and oxygen atoms in total. The van der Waals surface area contributed by atoms with Gasteiger partial charge in [-0.1, -0.05) is 0 Å². The van der Waals surface area contributed by atoms with Crippen molar-refractivity contribution in [2.24, 2.45) is 0 Å². The second kappa shape index (κ2) is 6.99. The fourth-order valence-corrected chi connectivity index (χ4v) is 2.37. The van der Waals surface area contributed by atoms with Crippen LogP contribution in [0.3, 0.4) is 0 Å². The molecule has 0 bridgehead atoms. The lowest BCUT2D eigenvalue weighted by Crippen LogP contribution is -2.19. The molecule has 1 aromatic heterocycles. The normalized spacial score (nSPS) is 10.8. The Labute approximate surface area is 123 Å². The van der Waals surface area contributed by atoms with Crippen molar-refractivity contribution in [1.82, 2.24) is 4.98 Å². The molecule has 6 heteroatoms. The van der Waals surface area contributed by atoms with Gasteiger partial charge in [-0.05, 0) is 37.5 Å². The Morgan fingerprint density at radius 1 is 1.29 bits per heavy atom. The number of pyridine rings is 1. The van der Waals surface area contributed by atoms with E-state index in [1.807, 2.05) is 7.05 Å². The highest BCUT2D eigenvalue weighted by Crippen LogP contribution is 2.31. The van der Waals surface area contributed by atoms with Crippen LogP contribution < -0.4 is 4.90 Å². The van der Waals surface area contributed by atoms with Crippen molar-refractivity contribution in [3.63, 3.8) is 0 Å². The lowest BCUT2D eigenvalue weighted by atomic mass is 10.1. The zero-order chi connectivity index (χ0) is 15.2. The lowest BCUT2D eigenvalue weighted by molar-refractivity contribution is -0.383. The average Bonchev–Trinajstić information content (AvgIpc) is 2.50. The molecule has 0 spiro atoms. The van der Waals surface area contributed by atoms with E-state index in [0.29, 0.717) is 10.9 Å². The first-order chi connectivity index (χ1) is 10.1. The molecule has 0 saturated heterocycles. The number of aliphatic hydroxyl groups is 1. The van der Waals surface area contributed by atoms with Crippen LogP contribution in [0.15, 0.2) is 30.5 Å². The summed E-state index contributed by atoms with van der Waals surface area (Å²) < 4.78 is 0. The maximum absolute atomic E-state index is 11.1. The Morgan fingerprint density at radius 2 is 2.10 bits per heavy atom. The Balaban J connectivity index is 2.28. The minimum atomic E-state index is -0.380. The van der Waals surface area contributed by atoms with E-state index < -0.39 is 0 Å². The van der Waals surface area contributed by atoms with Gasteiger partial charge in [0.25, 0.3) is 5.69 Å². The van der Waals surface area contributed by atoms with Crippen molar-refractivity contribution < 1.29 is 10.0 Å². The Bertz CT molecular complexity index is 631. The van der Waals surface area contributed by atoms with Crippen LogP contribution in [0.25, 0.3) is 10.9 Å². The van der Waals surface area contributed by atoms with E-state index in [2.05, 4.69) is 9.88 Å². The summed E-state index contributed by atoms with van der Waals surface area (Å²) in [6, 6.07) is 6.72. The summed E-state index contributed by atoms with van der Waals surface area (Å²) in [7, 11) is 1.95. The molecule has 0 amide bonds. The number of hydrogen-bond acceptors (Lipinski definition) is 5. The summed E-state index contributed by atoms with van der Waals surface area (Å²) in [6.45, 7) is 1.04. The van der Waals surface area contributed by atoms with Gasteiger partial charge in [0, 0.05) is 32.5 Å². The van der Waals surface area contributed by atoms with Crippen LogP contribution in [-0.2, 0) is 0 Å². The molecule has 21 heavy (non-hydrogen) atoms. The van der Waals surface area contributed by atoms with E-state index in [-0.39, 0.29) is 17.2 Å². The maximum Gasteiger partial charge on any atom is 0.278 e. The molecule has 1 N–H and O–H groups in total. The molecular formula is C15H19N3O3. The zero-order valence-corrected chi connectivity index (χ0v) is 12.0. The van der Waals surface area contributed by atoms with Crippen LogP contribution in [0.2, 0.25) is 0 Å². The smallest absolute Gasteiger partial charge is 0.278 e. The number of hydrogen-bond donors (Lipinski definition) is 1. The zero-order valence-electron chi connectivity index (χ0n) is 12.0. The number of nitrogens with zero attached hydrogens (tertiary/aromatic N) is 3. The molecule has 112 valence electrons. The molecule has 2 aromatic rings. The van der Waals surface area contributed by atoms with E-state index in [0.717, 1.165) is 31.5 Å². The monoisotopic (exact) mass is 289 g/mol. The third kappa shape index (κ3) is 3.46. The van der Waals surface area contributed by atoms with E-state index >= 15 is 0 Å². The van der Waals surface area contributed by atoms with Gasteiger partial charge < -0.3 is 10.0 Å². The fraction of sp³-hybridized carbons (Fsp3) is 0.400. The number of aliphatic hydroxyl groups excluding tert-OH is 1. The number of fused-ring (bicyclic) bond motifs is 1. The van der Waals surface area contributed by atoms with Crippen LogP contribution >= 0.6 is 0 Å². The predicted molar refractivity (Wildman–Crippen MR) is 82.6 cm³/mol. The summed E-state index contributed by atoms with van der Waals surface area (Å²) in [5.41, 5.74) is 1.62. The average molecular weight is 289 g/mol. The second-order valence-corrected chi connectivity index (χ2v) is 4.97. The van der Waals surface area contributed by atoms with Gasteiger partial charge in [-0.25, -0.2) is 0 Å². The SMILES string of the molecule is CN(CCCCCO)c1ccc([N+](=O)[O-])c2cccnc12. The Kier molecular flexibility index (Phi) is 5.05. The van der Waals surface area contributed by atoms with Crippen LogP contribution in [0, 0.1) is 10.1 Å². The lowest BCUT2D eigenvalue weighted by Gasteiger charge is -2.20.